The van der Waals surface area contributed by atoms with Crippen molar-refractivity contribution in [2.45, 2.75) is 39.7 Å². The molecule has 0 aromatic heterocycles. The van der Waals surface area contributed by atoms with Crippen LogP contribution in [0.3, 0.4) is 0 Å². The second kappa shape index (κ2) is 11.3. The maximum Gasteiger partial charge on any atom is 0.413 e. The molecule has 1 N–H and O–H groups in total. The fourth-order valence-electron chi connectivity index (χ4n) is 1.36. The number of aliphatic imine (C=N–C) groups is 1. The molecule has 0 bridgehead atoms. The summed E-state index contributed by atoms with van der Waals surface area (Å²) in [6, 6.07) is 0. The summed E-state index contributed by atoms with van der Waals surface area (Å²) >= 11 is 1.39. The van der Waals surface area contributed by atoms with Gasteiger partial charge in [0, 0.05) is 13.2 Å². The average Bonchev–Trinajstić information content (AvgIpc) is 2.36. The van der Waals surface area contributed by atoms with Gasteiger partial charge in [0.2, 0.25) is 0 Å². The molecule has 6 heteroatoms. The Morgan fingerprint density at radius 3 is 2.56 bits per heavy atom. The smallest absolute Gasteiger partial charge is 0.413 e. The predicted molar refractivity (Wildman–Crippen MR) is 76.3 cm³/mol. The Bertz CT molecular complexity index is 260. The van der Waals surface area contributed by atoms with Gasteiger partial charge in [-0.1, -0.05) is 18.7 Å². The van der Waals surface area contributed by atoms with Crippen molar-refractivity contribution in [3.05, 3.63) is 0 Å². The van der Waals surface area contributed by atoms with E-state index in [2.05, 4.69) is 17.2 Å². The van der Waals surface area contributed by atoms with E-state index in [1.165, 1.54) is 11.8 Å². The normalized spacial score (nSPS) is 13.2. The van der Waals surface area contributed by atoms with E-state index in [1.807, 2.05) is 13.2 Å². The van der Waals surface area contributed by atoms with Gasteiger partial charge in [-0.15, -0.1) is 0 Å². The number of rotatable bonds is 7. The van der Waals surface area contributed by atoms with Crippen molar-refractivity contribution in [2.24, 2.45) is 4.99 Å². The molecule has 18 heavy (non-hydrogen) atoms. The maximum atomic E-state index is 11.2. The van der Waals surface area contributed by atoms with Gasteiger partial charge in [-0.3, -0.25) is 10.3 Å². The highest BCUT2D eigenvalue weighted by Crippen LogP contribution is 2.05. The summed E-state index contributed by atoms with van der Waals surface area (Å²) < 4.78 is 10.3. The summed E-state index contributed by atoms with van der Waals surface area (Å²) in [5, 5.41) is 3.19. The first kappa shape index (κ1) is 17.2. The molecule has 0 aliphatic rings. The topological polar surface area (TPSA) is 59.9 Å². The maximum absolute atomic E-state index is 11.2. The van der Waals surface area contributed by atoms with Gasteiger partial charge in [-0.05, 0) is 32.9 Å². The molecule has 0 heterocycles. The lowest BCUT2D eigenvalue weighted by Crippen LogP contribution is -2.29. The summed E-state index contributed by atoms with van der Waals surface area (Å²) in [6.45, 7) is 7.57. The third-order valence-corrected chi connectivity index (χ3v) is 2.86. The van der Waals surface area contributed by atoms with Crippen molar-refractivity contribution < 1.29 is 14.3 Å². The zero-order valence-electron chi connectivity index (χ0n) is 11.7. The highest BCUT2D eigenvalue weighted by molar-refractivity contribution is 8.13. The van der Waals surface area contributed by atoms with Crippen LogP contribution in [0.4, 0.5) is 4.79 Å². The van der Waals surface area contributed by atoms with E-state index < -0.39 is 6.09 Å². The number of alkyl carbamates (subject to hydrolysis) is 1. The Hall–Kier alpha value is -0.750. The first-order chi connectivity index (χ1) is 8.67. The van der Waals surface area contributed by atoms with E-state index in [1.54, 1.807) is 6.92 Å². The number of hydrogen-bond donors (Lipinski definition) is 1. The van der Waals surface area contributed by atoms with Gasteiger partial charge < -0.3 is 9.47 Å². The van der Waals surface area contributed by atoms with E-state index in [-0.39, 0.29) is 6.10 Å². The summed E-state index contributed by atoms with van der Waals surface area (Å²) in [7, 11) is 0. The van der Waals surface area contributed by atoms with Crippen LogP contribution in [-0.2, 0) is 9.47 Å². The molecule has 0 aromatic carbocycles. The first-order valence-electron chi connectivity index (χ1n) is 6.31. The van der Waals surface area contributed by atoms with Crippen LogP contribution in [0.1, 0.15) is 33.6 Å². The van der Waals surface area contributed by atoms with Crippen LogP contribution >= 0.6 is 11.8 Å². The third-order valence-electron chi connectivity index (χ3n) is 2.24. The molecule has 0 saturated heterocycles. The third kappa shape index (κ3) is 8.36. The Morgan fingerprint density at radius 2 is 2.06 bits per heavy atom. The molecular formula is C12H24N2O3S. The lowest BCUT2D eigenvalue weighted by Gasteiger charge is -2.13. The van der Waals surface area contributed by atoms with Crippen LogP contribution in [0.5, 0.6) is 0 Å². The molecule has 1 amide bonds. The number of nitrogens with zero attached hydrogens (tertiary/aromatic N) is 1. The minimum absolute atomic E-state index is 0.240. The summed E-state index contributed by atoms with van der Waals surface area (Å²) in [6.07, 6.45) is 3.49. The van der Waals surface area contributed by atoms with E-state index in [0.717, 1.165) is 19.4 Å². The molecule has 0 radical (unpaired) electrons. The Labute approximate surface area is 114 Å². The summed E-state index contributed by atoms with van der Waals surface area (Å²) in [5.41, 5.74) is 0. The van der Waals surface area contributed by atoms with Crippen LogP contribution < -0.4 is 5.32 Å². The van der Waals surface area contributed by atoms with Gasteiger partial charge in [0.05, 0.1) is 12.7 Å². The standard InChI is InChI=1S/C12H24N2O3S/c1-5-10(16-6-2)8-9-13-11(18-4)14-12(15)17-7-3/h10H,5-9H2,1-4H3,(H,13,14,15). The predicted octanol–water partition coefficient (Wildman–Crippen LogP) is 2.66. The highest BCUT2D eigenvalue weighted by Gasteiger charge is 2.07. The summed E-state index contributed by atoms with van der Waals surface area (Å²) in [5.74, 6) is 0. The first-order valence-corrected chi connectivity index (χ1v) is 7.54. The van der Waals surface area contributed by atoms with Gasteiger partial charge in [0.15, 0.2) is 5.17 Å². The Morgan fingerprint density at radius 1 is 1.33 bits per heavy atom. The molecule has 1 unspecified atom stereocenters. The molecule has 0 fully saturated rings. The second-order valence-electron chi connectivity index (χ2n) is 3.51. The van der Waals surface area contributed by atoms with Gasteiger partial charge >= 0.3 is 6.09 Å². The molecule has 0 aliphatic heterocycles. The molecule has 106 valence electrons. The van der Waals surface area contributed by atoms with Crippen LogP contribution in [-0.4, -0.2) is 43.4 Å². The fraction of sp³-hybridized carbons (Fsp3) is 0.833. The number of amidine groups is 1. The monoisotopic (exact) mass is 276 g/mol. The van der Waals surface area contributed by atoms with Crippen molar-refractivity contribution in [1.82, 2.24) is 5.32 Å². The number of carbonyl (C=O) groups is 1. The minimum atomic E-state index is -0.456. The number of thioether (sulfide) groups is 1. The molecule has 0 rings (SSSR count). The van der Waals surface area contributed by atoms with Crippen molar-refractivity contribution in [1.29, 1.82) is 0 Å². The van der Waals surface area contributed by atoms with Gasteiger partial charge in [0.1, 0.15) is 0 Å². The Balaban J connectivity index is 4.06. The van der Waals surface area contributed by atoms with Gasteiger partial charge in [-0.25, -0.2) is 4.79 Å². The number of nitrogens with one attached hydrogen (secondary N) is 1. The molecule has 5 nitrogen and oxygen atoms in total. The number of amides is 1. The van der Waals surface area contributed by atoms with Crippen molar-refractivity contribution in [3.63, 3.8) is 0 Å². The molecule has 0 aliphatic carbocycles. The van der Waals surface area contributed by atoms with Crippen molar-refractivity contribution >= 4 is 23.0 Å². The average molecular weight is 276 g/mol. The fourth-order valence-corrected chi connectivity index (χ4v) is 1.77. The van der Waals surface area contributed by atoms with E-state index >= 15 is 0 Å². The molecule has 1 atom stereocenters. The number of carbonyl (C=O) groups excluding carboxylic acids is 1. The number of ether oxygens (including phenoxy) is 2. The quantitative estimate of drug-likeness (QED) is 0.573. The highest BCUT2D eigenvalue weighted by atomic mass is 32.2. The SMILES string of the molecule is CCOC(=O)NC(=NCCC(CC)OCC)SC. The van der Waals surface area contributed by atoms with Crippen LogP contribution in [0.25, 0.3) is 0 Å². The van der Waals surface area contributed by atoms with E-state index in [9.17, 15) is 4.79 Å². The zero-order chi connectivity index (χ0) is 13.8. The molecule has 0 aromatic rings. The lowest BCUT2D eigenvalue weighted by atomic mass is 10.2. The zero-order valence-corrected chi connectivity index (χ0v) is 12.5. The number of hydrogen-bond acceptors (Lipinski definition) is 5. The van der Waals surface area contributed by atoms with Gasteiger partial charge in [-0.2, -0.15) is 0 Å². The van der Waals surface area contributed by atoms with Crippen LogP contribution in [0.15, 0.2) is 4.99 Å². The summed E-state index contributed by atoms with van der Waals surface area (Å²) in [4.78, 5) is 15.5. The second-order valence-corrected chi connectivity index (χ2v) is 4.31. The van der Waals surface area contributed by atoms with Crippen molar-refractivity contribution in [2.75, 3.05) is 26.0 Å². The largest absolute Gasteiger partial charge is 0.450 e. The minimum Gasteiger partial charge on any atom is -0.450 e. The van der Waals surface area contributed by atoms with Crippen LogP contribution in [0, 0.1) is 0 Å². The molecular weight excluding hydrogens is 252 g/mol. The van der Waals surface area contributed by atoms with Crippen LogP contribution in [0.2, 0.25) is 0 Å². The lowest BCUT2D eigenvalue weighted by molar-refractivity contribution is 0.0561. The van der Waals surface area contributed by atoms with E-state index in [4.69, 9.17) is 9.47 Å². The molecule has 0 saturated carbocycles. The Kier molecular flexibility index (Phi) is 10.9. The molecule has 0 spiro atoms. The van der Waals surface area contributed by atoms with Gasteiger partial charge in [0.25, 0.3) is 0 Å². The van der Waals surface area contributed by atoms with Crippen molar-refractivity contribution in [3.8, 4) is 0 Å². The van der Waals surface area contributed by atoms with E-state index in [0.29, 0.717) is 18.3 Å².